The van der Waals surface area contributed by atoms with Gasteiger partial charge in [-0.1, -0.05) is 24.3 Å². The molecule has 1 fully saturated rings. The molecule has 2 heterocycles. The van der Waals surface area contributed by atoms with Crippen LogP contribution in [0, 0.1) is 0 Å². The van der Waals surface area contributed by atoms with Crippen molar-refractivity contribution < 1.29 is 14.6 Å². The quantitative estimate of drug-likeness (QED) is 0.928. The molecule has 2 aromatic rings. The fraction of sp³-hybridized carbons (Fsp3) is 0.450. The second-order valence-electron chi connectivity index (χ2n) is 7.23. The molecule has 2 aromatic carbocycles. The number of ether oxygens (including phenoxy) is 1. The predicted octanol–water partition coefficient (Wildman–Crippen LogP) is 2.27. The maximum atomic E-state index is 12.8. The Bertz CT molecular complexity index is 791. The molecule has 0 saturated carbocycles. The Labute approximate surface area is 147 Å². The lowest BCUT2D eigenvalue weighted by atomic mass is 10.1. The number of carbonyl (C=O) groups excluding carboxylic acids is 1. The minimum absolute atomic E-state index is 0.0189. The predicted molar refractivity (Wildman–Crippen MR) is 98.1 cm³/mol. The van der Waals surface area contributed by atoms with E-state index in [0.29, 0.717) is 13.1 Å². The van der Waals surface area contributed by atoms with Crippen LogP contribution in [0.1, 0.15) is 24.2 Å². The molecule has 132 valence electrons. The van der Waals surface area contributed by atoms with Crippen LogP contribution in [0.5, 0.6) is 0 Å². The number of amides is 1. The summed E-state index contributed by atoms with van der Waals surface area (Å²) in [5, 5.41) is 12.7. The zero-order chi connectivity index (χ0) is 17.6. The van der Waals surface area contributed by atoms with Crippen molar-refractivity contribution >= 4 is 22.4 Å². The molecule has 5 nitrogen and oxygen atoms in total. The summed E-state index contributed by atoms with van der Waals surface area (Å²) in [6, 6.07) is 11.7. The minimum Gasteiger partial charge on any atom is -0.390 e. The van der Waals surface area contributed by atoms with E-state index in [-0.39, 0.29) is 18.1 Å². The molecule has 1 saturated heterocycles. The first-order valence-electron chi connectivity index (χ1n) is 8.92. The summed E-state index contributed by atoms with van der Waals surface area (Å²) in [6.07, 6.45) is -0.254. The van der Waals surface area contributed by atoms with E-state index in [2.05, 4.69) is 18.7 Å². The van der Waals surface area contributed by atoms with Gasteiger partial charge in [0, 0.05) is 30.6 Å². The molecule has 25 heavy (non-hydrogen) atoms. The number of rotatable bonds is 4. The van der Waals surface area contributed by atoms with Gasteiger partial charge < -0.3 is 14.7 Å². The van der Waals surface area contributed by atoms with Crippen molar-refractivity contribution in [1.82, 2.24) is 4.90 Å². The van der Waals surface area contributed by atoms with Crippen LogP contribution in [0.3, 0.4) is 0 Å². The highest BCUT2D eigenvalue weighted by atomic mass is 16.5. The van der Waals surface area contributed by atoms with Crippen molar-refractivity contribution in [1.29, 1.82) is 0 Å². The Kier molecular flexibility index (Phi) is 4.23. The summed E-state index contributed by atoms with van der Waals surface area (Å²) in [4.78, 5) is 16.7. The van der Waals surface area contributed by atoms with Crippen molar-refractivity contribution in [3.8, 4) is 0 Å². The Hall–Kier alpha value is -1.95. The highest BCUT2D eigenvalue weighted by molar-refractivity contribution is 6.25. The number of β-amino-alcohol motifs (C(OH)–C–C–N with tert-alkyl or cyclic N) is 1. The Morgan fingerprint density at radius 3 is 2.52 bits per heavy atom. The minimum atomic E-state index is -0.592. The molecule has 0 aromatic heterocycles. The first-order valence-corrected chi connectivity index (χ1v) is 8.92. The van der Waals surface area contributed by atoms with Crippen LogP contribution in [0.2, 0.25) is 0 Å². The third-order valence-electron chi connectivity index (χ3n) is 5.01. The van der Waals surface area contributed by atoms with Gasteiger partial charge in [-0.2, -0.15) is 0 Å². The lowest BCUT2D eigenvalue weighted by Crippen LogP contribution is -2.50. The average molecular weight is 340 g/mol. The molecule has 4 rings (SSSR count). The lowest BCUT2D eigenvalue weighted by molar-refractivity contribution is -0.0758. The monoisotopic (exact) mass is 340 g/mol. The van der Waals surface area contributed by atoms with E-state index in [0.717, 1.165) is 35.1 Å². The number of hydrogen-bond donors (Lipinski definition) is 1. The number of carbonyl (C=O) groups is 1. The van der Waals surface area contributed by atoms with Crippen LogP contribution in [0.4, 0.5) is 5.69 Å². The number of morpholine rings is 1. The second-order valence-corrected chi connectivity index (χ2v) is 7.23. The molecule has 2 aliphatic rings. The molecule has 0 radical (unpaired) electrons. The molecule has 0 bridgehead atoms. The molecule has 1 amide bonds. The van der Waals surface area contributed by atoms with E-state index < -0.39 is 6.10 Å². The maximum absolute atomic E-state index is 12.8. The number of benzene rings is 2. The molecule has 3 atom stereocenters. The molecular weight excluding hydrogens is 316 g/mol. The summed E-state index contributed by atoms with van der Waals surface area (Å²) in [5.74, 6) is -0.0189. The number of hydrogen-bond acceptors (Lipinski definition) is 4. The summed E-state index contributed by atoms with van der Waals surface area (Å²) in [7, 11) is 0. The molecular formula is C20H24N2O3. The van der Waals surface area contributed by atoms with Crippen LogP contribution in [0.15, 0.2) is 36.4 Å². The molecule has 1 N–H and O–H groups in total. The highest BCUT2D eigenvalue weighted by Crippen LogP contribution is 2.37. The van der Waals surface area contributed by atoms with Crippen molar-refractivity contribution in [2.24, 2.45) is 0 Å². The molecule has 0 spiro atoms. The van der Waals surface area contributed by atoms with Crippen molar-refractivity contribution in [2.45, 2.75) is 32.2 Å². The third kappa shape index (κ3) is 3.03. The normalized spacial score (nSPS) is 24.9. The number of nitrogens with zero attached hydrogens (tertiary/aromatic N) is 2. The van der Waals surface area contributed by atoms with Crippen molar-refractivity contribution in [3.63, 3.8) is 0 Å². The van der Waals surface area contributed by atoms with Gasteiger partial charge in [0.2, 0.25) is 0 Å². The smallest absolute Gasteiger partial charge is 0.259 e. The zero-order valence-electron chi connectivity index (χ0n) is 14.7. The van der Waals surface area contributed by atoms with E-state index >= 15 is 0 Å². The fourth-order valence-electron chi connectivity index (χ4n) is 4.16. The van der Waals surface area contributed by atoms with Gasteiger partial charge in [0.1, 0.15) is 0 Å². The van der Waals surface area contributed by atoms with Gasteiger partial charge in [0.25, 0.3) is 5.91 Å². The van der Waals surface area contributed by atoms with E-state index in [1.807, 2.05) is 36.4 Å². The van der Waals surface area contributed by atoms with Crippen molar-refractivity contribution in [2.75, 3.05) is 31.1 Å². The first kappa shape index (κ1) is 16.5. The van der Waals surface area contributed by atoms with Crippen LogP contribution in [-0.2, 0) is 4.74 Å². The molecule has 0 unspecified atom stereocenters. The van der Waals surface area contributed by atoms with Gasteiger partial charge >= 0.3 is 0 Å². The first-order chi connectivity index (χ1) is 12.0. The standard InChI is InChI=1S/C20H24N2O3/c1-13-9-21(10-14(2)25-13)11-16(23)12-22-18-8-4-6-15-5-3-7-17(19(15)18)20(22)24/h3-8,13-14,16,23H,9-12H2,1-2H3/t13-,14-,16+/m1/s1. The van der Waals surface area contributed by atoms with Crippen LogP contribution in [-0.4, -0.2) is 60.4 Å². The van der Waals surface area contributed by atoms with Crippen LogP contribution < -0.4 is 4.90 Å². The van der Waals surface area contributed by atoms with Gasteiger partial charge in [-0.25, -0.2) is 0 Å². The highest BCUT2D eigenvalue weighted by Gasteiger charge is 2.32. The Morgan fingerprint density at radius 2 is 1.80 bits per heavy atom. The summed E-state index contributed by atoms with van der Waals surface area (Å²) in [5.41, 5.74) is 1.63. The van der Waals surface area contributed by atoms with Crippen LogP contribution in [0.25, 0.3) is 10.8 Å². The molecule has 0 aliphatic carbocycles. The average Bonchev–Trinajstić information content (AvgIpc) is 2.82. The summed E-state index contributed by atoms with van der Waals surface area (Å²) in [6.45, 7) is 6.59. The van der Waals surface area contributed by atoms with E-state index in [1.165, 1.54) is 0 Å². The largest absolute Gasteiger partial charge is 0.390 e. The van der Waals surface area contributed by atoms with Gasteiger partial charge in [-0.15, -0.1) is 0 Å². The van der Waals surface area contributed by atoms with Gasteiger partial charge in [0.15, 0.2) is 0 Å². The van der Waals surface area contributed by atoms with Crippen molar-refractivity contribution in [3.05, 3.63) is 42.0 Å². The second kappa shape index (κ2) is 6.41. The van der Waals surface area contributed by atoms with Crippen LogP contribution >= 0.6 is 0 Å². The Morgan fingerprint density at radius 1 is 1.12 bits per heavy atom. The van der Waals surface area contributed by atoms with Gasteiger partial charge in [0.05, 0.1) is 30.5 Å². The number of anilines is 1. The van der Waals surface area contributed by atoms with Gasteiger partial charge in [-0.3, -0.25) is 9.69 Å². The fourth-order valence-corrected chi connectivity index (χ4v) is 4.16. The number of aliphatic hydroxyl groups excluding tert-OH is 1. The topological polar surface area (TPSA) is 53.0 Å². The number of aliphatic hydroxyl groups is 1. The van der Waals surface area contributed by atoms with E-state index in [4.69, 9.17) is 4.74 Å². The lowest BCUT2D eigenvalue weighted by Gasteiger charge is -2.36. The molecule has 5 heteroatoms. The zero-order valence-corrected chi connectivity index (χ0v) is 14.7. The van der Waals surface area contributed by atoms with E-state index in [9.17, 15) is 9.90 Å². The molecule has 2 aliphatic heterocycles. The SMILES string of the molecule is C[C@@H]1CN(C[C@H](O)CN2C(=O)c3cccc4cccc2c34)C[C@@H](C)O1. The summed E-state index contributed by atoms with van der Waals surface area (Å²) < 4.78 is 5.74. The maximum Gasteiger partial charge on any atom is 0.259 e. The van der Waals surface area contributed by atoms with E-state index in [1.54, 1.807) is 4.90 Å². The van der Waals surface area contributed by atoms with Gasteiger partial charge in [-0.05, 0) is 31.4 Å². The Balaban J connectivity index is 1.50. The third-order valence-corrected chi connectivity index (χ3v) is 5.01. The summed E-state index contributed by atoms with van der Waals surface area (Å²) >= 11 is 0.